The summed E-state index contributed by atoms with van der Waals surface area (Å²) in [5.41, 5.74) is 1.50. The quantitative estimate of drug-likeness (QED) is 0.848. The van der Waals surface area contributed by atoms with Crippen LogP contribution in [0.2, 0.25) is 0 Å². The van der Waals surface area contributed by atoms with Gasteiger partial charge in [0.15, 0.2) is 0 Å². The zero-order valence-corrected chi connectivity index (χ0v) is 15.8. The number of anilines is 1. The first kappa shape index (κ1) is 19.3. The van der Waals surface area contributed by atoms with Crippen molar-refractivity contribution in [1.82, 2.24) is 4.90 Å². The first-order valence-corrected chi connectivity index (χ1v) is 10.1. The number of benzene rings is 2. The van der Waals surface area contributed by atoms with Gasteiger partial charge >= 0.3 is 0 Å². The zero-order chi connectivity index (χ0) is 19.4. The molecule has 0 atom stereocenters. The number of aryl methyl sites for hydroxylation is 1. The lowest BCUT2D eigenvalue weighted by Crippen LogP contribution is -2.41. The van der Waals surface area contributed by atoms with E-state index in [1.807, 2.05) is 0 Å². The van der Waals surface area contributed by atoms with E-state index in [-0.39, 0.29) is 17.2 Å². The molecule has 1 aliphatic rings. The van der Waals surface area contributed by atoms with Crippen LogP contribution in [-0.2, 0) is 26.0 Å². The number of amides is 1. The Balaban J connectivity index is 1.67. The fraction of sp³-hybridized carbons (Fsp3) is 0.316. The van der Waals surface area contributed by atoms with Gasteiger partial charge in [-0.1, -0.05) is 12.1 Å². The van der Waals surface area contributed by atoms with Crippen molar-refractivity contribution in [2.24, 2.45) is 0 Å². The molecule has 0 spiro atoms. The Hall–Kier alpha value is -2.45. The molecule has 8 heteroatoms. The molecule has 0 unspecified atom stereocenters. The fourth-order valence-corrected chi connectivity index (χ4v) is 4.20. The van der Waals surface area contributed by atoms with Crippen molar-refractivity contribution < 1.29 is 22.3 Å². The smallest absolute Gasteiger partial charge is 0.262 e. The van der Waals surface area contributed by atoms with Gasteiger partial charge in [-0.05, 0) is 48.4 Å². The van der Waals surface area contributed by atoms with Gasteiger partial charge < -0.3 is 9.64 Å². The number of hydrogen-bond donors (Lipinski definition) is 1. The molecule has 1 saturated heterocycles. The van der Waals surface area contributed by atoms with E-state index in [1.165, 1.54) is 19.1 Å². The molecule has 6 nitrogen and oxygen atoms in total. The van der Waals surface area contributed by atoms with E-state index in [1.54, 1.807) is 29.2 Å². The summed E-state index contributed by atoms with van der Waals surface area (Å²) in [5, 5.41) is 0. The molecular weight excluding hydrogens is 371 g/mol. The first-order chi connectivity index (χ1) is 12.8. The summed E-state index contributed by atoms with van der Waals surface area (Å²) in [5.74, 6) is -0.464. The lowest BCUT2D eigenvalue weighted by molar-refractivity contribution is -0.134. The van der Waals surface area contributed by atoms with E-state index >= 15 is 0 Å². The maximum atomic E-state index is 13.2. The molecule has 3 rings (SSSR count). The molecule has 1 heterocycles. The molecule has 1 fully saturated rings. The highest BCUT2D eigenvalue weighted by Crippen LogP contribution is 2.20. The second-order valence-corrected chi connectivity index (χ2v) is 8.03. The monoisotopic (exact) mass is 392 g/mol. The Kier molecular flexibility index (Phi) is 5.76. The minimum Gasteiger partial charge on any atom is -0.378 e. The van der Waals surface area contributed by atoms with Crippen LogP contribution in [0.15, 0.2) is 47.4 Å². The third kappa shape index (κ3) is 4.84. The van der Waals surface area contributed by atoms with Crippen LogP contribution in [0.5, 0.6) is 0 Å². The summed E-state index contributed by atoms with van der Waals surface area (Å²) in [6.45, 7) is 3.82. The standard InChI is InChI=1S/C19H21FN2O4S/c1-14-12-16(20)4-7-18(14)27(24,25)21-17-5-2-15(3-6-17)13-19(23)22-8-10-26-11-9-22/h2-7,12,21H,8-11,13H2,1H3. The molecule has 0 aromatic heterocycles. The summed E-state index contributed by atoms with van der Waals surface area (Å²) in [6.07, 6.45) is 0.254. The van der Waals surface area contributed by atoms with E-state index < -0.39 is 15.8 Å². The second-order valence-electron chi connectivity index (χ2n) is 6.38. The van der Waals surface area contributed by atoms with Crippen LogP contribution in [0, 0.1) is 12.7 Å². The topological polar surface area (TPSA) is 75.7 Å². The molecule has 1 amide bonds. The molecule has 2 aromatic carbocycles. The Morgan fingerprint density at radius 2 is 1.81 bits per heavy atom. The lowest BCUT2D eigenvalue weighted by atomic mass is 10.1. The Morgan fingerprint density at radius 3 is 2.44 bits per heavy atom. The molecule has 1 N–H and O–H groups in total. The number of morpholine rings is 1. The highest BCUT2D eigenvalue weighted by atomic mass is 32.2. The fourth-order valence-electron chi connectivity index (χ4n) is 2.91. The summed E-state index contributed by atoms with van der Waals surface area (Å²) >= 11 is 0. The van der Waals surface area contributed by atoms with E-state index in [9.17, 15) is 17.6 Å². The van der Waals surface area contributed by atoms with Crippen molar-refractivity contribution in [3.05, 3.63) is 59.4 Å². The molecule has 2 aromatic rings. The summed E-state index contributed by atoms with van der Waals surface area (Å²) in [6, 6.07) is 10.2. The number of sulfonamides is 1. The number of rotatable bonds is 5. The minimum atomic E-state index is -3.82. The highest BCUT2D eigenvalue weighted by molar-refractivity contribution is 7.92. The van der Waals surface area contributed by atoms with E-state index in [0.29, 0.717) is 37.6 Å². The molecule has 1 aliphatic heterocycles. The number of carbonyl (C=O) groups excluding carboxylic acids is 1. The highest BCUT2D eigenvalue weighted by Gasteiger charge is 2.19. The summed E-state index contributed by atoms with van der Waals surface area (Å²) < 4.78 is 45.9. The van der Waals surface area contributed by atoms with Gasteiger partial charge in [-0.2, -0.15) is 0 Å². The Morgan fingerprint density at radius 1 is 1.15 bits per heavy atom. The predicted molar refractivity (Wildman–Crippen MR) is 99.5 cm³/mol. The number of nitrogens with one attached hydrogen (secondary N) is 1. The van der Waals surface area contributed by atoms with Gasteiger partial charge in [-0.3, -0.25) is 9.52 Å². The Bertz CT molecular complexity index is 923. The first-order valence-electron chi connectivity index (χ1n) is 8.58. The number of nitrogens with zero attached hydrogens (tertiary/aromatic N) is 1. The second kappa shape index (κ2) is 8.06. The van der Waals surface area contributed by atoms with E-state index in [2.05, 4.69) is 4.72 Å². The number of carbonyl (C=O) groups is 1. The molecule has 144 valence electrons. The SMILES string of the molecule is Cc1cc(F)ccc1S(=O)(=O)Nc1ccc(CC(=O)N2CCOCC2)cc1. The van der Waals surface area contributed by atoms with E-state index in [0.717, 1.165) is 11.6 Å². The molecule has 0 bridgehead atoms. The van der Waals surface area contributed by atoms with Crippen molar-refractivity contribution in [1.29, 1.82) is 0 Å². The third-order valence-corrected chi connectivity index (χ3v) is 5.89. The Labute approximate surface area is 158 Å². The maximum Gasteiger partial charge on any atom is 0.262 e. The van der Waals surface area contributed by atoms with Gasteiger partial charge in [0.25, 0.3) is 10.0 Å². The van der Waals surface area contributed by atoms with Gasteiger partial charge in [-0.15, -0.1) is 0 Å². The summed E-state index contributed by atoms with van der Waals surface area (Å²) in [4.78, 5) is 14.0. The average molecular weight is 392 g/mol. The van der Waals surface area contributed by atoms with Gasteiger partial charge in [0.1, 0.15) is 5.82 Å². The van der Waals surface area contributed by atoms with Crippen molar-refractivity contribution in [3.63, 3.8) is 0 Å². The maximum absolute atomic E-state index is 13.2. The van der Waals surface area contributed by atoms with Crippen molar-refractivity contribution >= 4 is 21.6 Å². The average Bonchev–Trinajstić information content (AvgIpc) is 2.63. The lowest BCUT2D eigenvalue weighted by Gasteiger charge is -2.26. The van der Waals surface area contributed by atoms with Crippen LogP contribution in [0.1, 0.15) is 11.1 Å². The van der Waals surface area contributed by atoms with Crippen molar-refractivity contribution in [2.75, 3.05) is 31.0 Å². The van der Waals surface area contributed by atoms with Gasteiger partial charge in [0, 0.05) is 18.8 Å². The molecular formula is C19H21FN2O4S. The predicted octanol–water partition coefficient (Wildman–Crippen LogP) is 2.34. The molecule has 0 saturated carbocycles. The van der Waals surface area contributed by atoms with Crippen LogP contribution < -0.4 is 4.72 Å². The number of ether oxygens (including phenoxy) is 1. The van der Waals surface area contributed by atoms with Crippen LogP contribution >= 0.6 is 0 Å². The largest absolute Gasteiger partial charge is 0.378 e. The van der Waals surface area contributed by atoms with Crippen LogP contribution in [-0.4, -0.2) is 45.5 Å². The number of halogens is 1. The van der Waals surface area contributed by atoms with Crippen LogP contribution in [0.3, 0.4) is 0 Å². The van der Waals surface area contributed by atoms with E-state index in [4.69, 9.17) is 4.74 Å². The minimum absolute atomic E-state index is 0.0218. The van der Waals surface area contributed by atoms with Crippen molar-refractivity contribution in [2.45, 2.75) is 18.2 Å². The van der Waals surface area contributed by atoms with Gasteiger partial charge in [-0.25, -0.2) is 12.8 Å². The zero-order valence-electron chi connectivity index (χ0n) is 14.9. The molecule has 0 aliphatic carbocycles. The normalized spacial score (nSPS) is 14.8. The molecule has 27 heavy (non-hydrogen) atoms. The van der Waals surface area contributed by atoms with Crippen LogP contribution in [0.25, 0.3) is 0 Å². The van der Waals surface area contributed by atoms with Gasteiger partial charge in [0.2, 0.25) is 5.91 Å². The van der Waals surface area contributed by atoms with Gasteiger partial charge in [0.05, 0.1) is 24.5 Å². The van der Waals surface area contributed by atoms with Crippen LogP contribution in [0.4, 0.5) is 10.1 Å². The third-order valence-electron chi connectivity index (χ3n) is 4.35. The molecule has 0 radical (unpaired) electrons. The van der Waals surface area contributed by atoms with Crippen molar-refractivity contribution in [3.8, 4) is 0 Å². The summed E-state index contributed by atoms with van der Waals surface area (Å²) in [7, 11) is -3.82. The number of hydrogen-bond acceptors (Lipinski definition) is 4.